The average Bonchev–Trinajstić information content (AvgIpc) is 3.23. The predicted molar refractivity (Wildman–Crippen MR) is 158 cm³/mol. The Kier molecular flexibility index (Phi) is 9.89. The monoisotopic (exact) mass is 546 g/mol. The molecule has 0 heterocycles. The molecular formula is C29H30N4O3S2. The molecule has 38 heavy (non-hydrogen) atoms. The molecule has 7 nitrogen and oxygen atoms in total. The number of unbranched alkanes of at least 4 members (excludes halogenated alkanes) is 5. The minimum Gasteiger partial charge on any atom is -0.491 e. The fourth-order valence-electron chi connectivity index (χ4n) is 4.49. The lowest BCUT2D eigenvalue weighted by atomic mass is 10.0. The van der Waals surface area contributed by atoms with Crippen LogP contribution in [0.25, 0.3) is 11.1 Å². The Bertz CT molecular complexity index is 1330. The smallest absolute Gasteiger partial charge is 0.356 e. The summed E-state index contributed by atoms with van der Waals surface area (Å²) in [6, 6.07) is 20.2. The quantitative estimate of drug-likeness (QED) is 0.132. The zero-order chi connectivity index (χ0) is 26.7. The number of thiocarbonyl (C=S) groups is 1. The normalized spacial score (nSPS) is 11.3. The van der Waals surface area contributed by atoms with Crippen molar-refractivity contribution in [2.24, 2.45) is 4.36 Å². The number of carbonyl (C=O) groups is 2. The number of benzene rings is 3. The third-order valence-corrected chi connectivity index (χ3v) is 6.74. The molecule has 0 bridgehead atoms. The fraction of sp³-hybridized carbons (Fsp3) is 0.276. The van der Waals surface area contributed by atoms with E-state index in [1.807, 2.05) is 60.7 Å². The number of para-hydroxylation sites is 2. The molecule has 0 saturated carbocycles. The Morgan fingerprint density at radius 3 is 2.24 bits per heavy atom. The second-order valence-corrected chi connectivity index (χ2v) is 9.56. The summed E-state index contributed by atoms with van der Waals surface area (Å²) < 4.78 is 8.99. The number of rotatable bonds is 12. The van der Waals surface area contributed by atoms with E-state index >= 15 is 0 Å². The van der Waals surface area contributed by atoms with Gasteiger partial charge in [0.25, 0.3) is 0 Å². The maximum Gasteiger partial charge on any atom is 0.356 e. The van der Waals surface area contributed by atoms with E-state index in [-0.39, 0.29) is 5.78 Å². The van der Waals surface area contributed by atoms with Crippen molar-refractivity contribution in [3.05, 3.63) is 77.9 Å². The Morgan fingerprint density at radius 1 is 0.763 bits per heavy atom. The number of carbonyl (C=O) groups excluding carboxylic acids is 2. The summed E-state index contributed by atoms with van der Waals surface area (Å²) in [6.07, 6.45) is 6.37. The van der Waals surface area contributed by atoms with Crippen LogP contribution in [0, 0.1) is 0 Å². The summed E-state index contributed by atoms with van der Waals surface area (Å²) in [5, 5.41) is 9.61. The van der Waals surface area contributed by atoms with Crippen molar-refractivity contribution in [3.63, 3.8) is 0 Å². The second kappa shape index (κ2) is 13.7. The highest BCUT2D eigenvalue weighted by molar-refractivity contribution is 7.80. The molecule has 196 valence electrons. The average molecular weight is 547 g/mol. The Balaban J connectivity index is 1.09. The first-order valence-corrected chi connectivity index (χ1v) is 13.5. The molecule has 3 aromatic carbocycles. The van der Waals surface area contributed by atoms with Crippen molar-refractivity contribution >= 4 is 52.9 Å². The van der Waals surface area contributed by atoms with Crippen molar-refractivity contribution in [2.45, 2.75) is 38.5 Å². The van der Waals surface area contributed by atoms with Gasteiger partial charge in [-0.1, -0.05) is 74.2 Å². The summed E-state index contributed by atoms with van der Waals surface area (Å²) in [7, 11) is 0. The number of ether oxygens (including phenoxy) is 1. The molecule has 0 saturated heterocycles. The molecule has 0 unspecified atom stereocenters. The van der Waals surface area contributed by atoms with E-state index in [9.17, 15) is 9.59 Å². The number of nitrogens with one attached hydrogen (secondary N) is 3. The van der Waals surface area contributed by atoms with Crippen LogP contribution in [-0.4, -0.2) is 30.1 Å². The van der Waals surface area contributed by atoms with Gasteiger partial charge in [0.15, 0.2) is 10.9 Å². The number of fused-ring (bicyclic) bond motifs is 3. The van der Waals surface area contributed by atoms with Crippen molar-refractivity contribution in [3.8, 4) is 16.9 Å². The lowest BCUT2D eigenvalue weighted by Gasteiger charge is -2.13. The van der Waals surface area contributed by atoms with Gasteiger partial charge in [0, 0.05) is 24.5 Å². The van der Waals surface area contributed by atoms with Crippen LogP contribution >= 0.6 is 12.2 Å². The zero-order valence-electron chi connectivity index (χ0n) is 21.0. The van der Waals surface area contributed by atoms with E-state index in [0.29, 0.717) is 28.7 Å². The van der Waals surface area contributed by atoms with Gasteiger partial charge in [0.2, 0.25) is 0 Å². The van der Waals surface area contributed by atoms with Crippen molar-refractivity contribution < 1.29 is 14.3 Å². The Morgan fingerprint density at radius 2 is 1.42 bits per heavy atom. The van der Waals surface area contributed by atoms with Crippen LogP contribution in [0.5, 0.6) is 5.75 Å². The fourth-order valence-corrected chi connectivity index (χ4v) is 4.75. The lowest BCUT2D eigenvalue weighted by molar-refractivity contribution is 0.104. The van der Waals surface area contributed by atoms with Crippen molar-refractivity contribution in [2.75, 3.05) is 23.8 Å². The van der Waals surface area contributed by atoms with Crippen LogP contribution in [-0.2, 0) is 12.4 Å². The predicted octanol–water partition coefficient (Wildman–Crippen LogP) is 6.87. The van der Waals surface area contributed by atoms with Gasteiger partial charge in [-0.2, -0.15) is 0 Å². The molecule has 3 N–H and O–H groups in total. The van der Waals surface area contributed by atoms with Gasteiger partial charge in [-0.15, -0.1) is 4.36 Å². The lowest BCUT2D eigenvalue weighted by Crippen LogP contribution is -2.29. The first kappa shape index (κ1) is 27.3. The number of urea groups is 1. The molecule has 1 aliphatic carbocycles. The third kappa shape index (κ3) is 6.99. The number of amides is 2. The van der Waals surface area contributed by atoms with Gasteiger partial charge in [-0.3, -0.25) is 4.79 Å². The van der Waals surface area contributed by atoms with Crippen molar-refractivity contribution in [1.29, 1.82) is 0 Å². The summed E-state index contributed by atoms with van der Waals surface area (Å²) in [6.45, 7) is 1.35. The summed E-state index contributed by atoms with van der Waals surface area (Å²) in [4.78, 5) is 24.3. The molecule has 2 amide bonds. The maximum atomic E-state index is 12.9. The standard InChI is InChI=1S/C29H30N4O3S2/c34-27-22-13-6-5-12-20(22)21-14-11-16-24(26(21)27)32-29(37)30-18-9-3-1-2-4-10-19-36-25-17-8-7-15-23(25)31-28(35)33-38/h5-8,11-17H,1-4,9-10,18-19H2,(H,31,35)(H2,30,32,37). The Labute approximate surface area is 233 Å². The number of nitrogens with zero attached hydrogens (tertiary/aromatic N) is 1. The van der Waals surface area contributed by atoms with Crippen LogP contribution in [0.15, 0.2) is 71.1 Å². The molecular weight excluding hydrogens is 516 g/mol. The molecule has 0 aromatic heterocycles. The number of hydrogen-bond acceptors (Lipinski definition) is 5. The van der Waals surface area contributed by atoms with Crippen LogP contribution in [0.1, 0.15) is 54.4 Å². The van der Waals surface area contributed by atoms with E-state index in [2.05, 4.69) is 32.7 Å². The summed E-state index contributed by atoms with van der Waals surface area (Å²) in [5.74, 6) is 0.649. The summed E-state index contributed by atoms with van der Waals surface area (Å²) in [5.41, 5.74) is 4.65. The largest absolute Gasteiger partial charge is 0.491 e. The highest BCUT2D eigenvalue weighted by Gasteiger charge is 2.28. The van der Waals surface area contributed by atoms with E-state index in [0.717, 1.165) is 67.4 Å². The third-order valence-electron chi connectivity index (χ3n) is 6.33. The van der Waals surface area contributed by atoms with Crippen LogP contribution in [0.3, 0.4) is 0 Å². The number of hydrogen-bond donors (Lipinski definition) is 3. The van der Waals surface area contributed by atoms with Gasteiger partial charge in [0.1, 0.15) is 5.75 Å². The molecule has 0 fully saturated rings. The first-order chi connectivity index (χ1) is 18.6. The molecule has 1 aliphatic rings. The number of anilines is 2. The Hall–Kier alpha value is -3.69. The number of ketones is 1. The maximum absolute atomic E-state index is 12.9. The highest BCUT2D eigenvalue weighted by atomic mass is 32.1. The van der Waals surface area contributed by atoms with Crippen LogP contribution < -0.4 is 20.7 Å². The van der Waals surface area contributed by atoms with Crippen LogP contribution in [0.2, 0.25) is 0 Å². The molecule has 4 rings (SSSR count). The van der Waals surface area contributed by atoms with Gasteiger partial charge in [-0.25, -0.2) is 4.79 Å². The van der Waals surface area contributed by atoms with E-state index < -0.39 is 6.03 Å². The summed E-state index contributed by atoms with van der Waals surface area (Å²) >= 11 is 9.89. The second-order valence-electron chi connectivity index (χ2n) is 8.97. The molecule has 0 radical (unpaired) electrons. The van der Waals surface area contributed by atoms with E-state index in [1.165, 1.54) is 0 Å². The van der Waals surface area contributed by atoms with Gasteiger partial charge >= 0.3 is 6.03 Å². The molecule has 3 aromatic rings. The highest BCUT2D eigenvalue weighted by Crippen LogP contribution is 2.39. The van der Waals surface area contributed by atoms with Crippen molar-refractivity contribution in [1.82, 2.24) is 5.32 Å². The SMILES string of the molecule is O=C(N=S)Nc1ccccc1OCCCCCCCCNC(=S)Nc1cccc2c1C(=O)c1ccccc1-2. The molecule has 0 atom stereocenters. The zero-order valence-corrected chi connectivity index (χ0v) is 22.6. The van der Waals surface area contributed by atoms with Crippen LogP contribution in [0.4, 0.5) is 16.2 Å². The minimum atomic E-state index is -0.577. The molecule has 0 aliphatic heterocycles. The first-order valence-electron chi connectivity index (χ1n) is 12.8. The van der Waals surface area contributed by atoms with Gasteiger partial charge in [-0.05, 0) is 54.4 Å². The molecule has 9 heteroatoms. The van der Waals surface area contributed by atoms with E-state index in [4.69, 9.17) is 17.0 Å². The van der Waals surface area contributed by atoms with Gasteiger partial charge < -0.3 is 20.7 Å². The minimum absolute atomic E-state index is 0.0336. The van der Waals surface area contributed by atoms with Gasteiger partial charge in [0.05, 0.1) is 23.5 Å². The van der Waals surface area contributed by atoms with E-state index in [1.54, 1.807) is 6.07 Å². The molecule has 0 spiro atoms. The topological polar surface area (TPSA) is 91.8 Å².